The number of hydrogen-bond acceptors (Lipinski definition) is 6. The van der Waals surface area contributed by atoms with Crippen LogP contribution in [0.2, 0.25) is 0 Å². The van der Waals surface area contributed by atoms with Gasteiger partial charge in [-0.2, -0.15) is 12.7 Å². The molecule has 1 heterocycles. The maximum Gasteiger partial charge on any atom is 0.339 e. The highest BCUT2D eigenvalue weighted by atomic mass is 32.2. The Morgan fingerprint density at radius 1 is 1.24 bits per heavy atom. The van der Waals surface area contributed by atoms with Crippen LogP contribution in [0.3, 0.4) is 0 Å². The van der Waals surface area contributed by atoms with Gasteiger partial charge < -0.3 is 10.1 Å². The molecule has 136 valence electrons. The molecule has 0 unspecified atom stereocenters. The predicted molar refractivity (Wildman–Crippen MR) is 89.0 cm³/mol. The second-order valence-electron chi connectivity index (χ2n) is 5.77. The summed E-state index contributed by atoms with van der Waals surface area (Å²) in [7, 11) is -3.12. The molecule has 1 N–H and O–H groups in total. The van der Waals surface area contributed by atoms with Gasteiger partial charge in [0.05, 0.1) is 18.4 Å². The molecular weight excluding hydrogens is 350 g/mol. The molecule has 0 aliphatic carbocycles. The van der Waals surface area contributed by atoms with Crippen LogP contribution in [0.4, 0.5) is 10.5 Å². The van der Waals surface area contributed by atoms with Crippen molar-refractivity contribution in [3.05, 3.63) is 29.8 Å². The van der Waals surface area contributed by atoms with Crippen molar-refractivity contribution in [3.63, 3.8) is 0 Å². The Morgan fingerprint density at radius 3 is 2.36 bits per heavy atom. The van der Waals surface area contributed by atoms with E-state index in [1.807, 2.05) is 0 Å². The minimum Gasteiger partial charge on any atom is -0.465 e. The Kier molecular flexibility index (Phi) is 4.76. The Morgan fingerprint density at radius 2 is 1.84 bits per heavy atom. The lowest BCUT2D eigenvalue weighted by molar-refractivity contribution is -0.130. The maximum absolute atomic E-state index is 12.6. The number of nitrogens with zero attached hydrogens (tertiary/aromatic N) is 2. The summed E-state index contributed by atoms with van der Waals surface area (Å²) in [6.07, 6.45) is 0. The van der Waals surface area contributed by atoms with Gasteiger partial charge in [-0.15, -0.1) is 0 Å². The number of hydrogen-bond donors (Lipinski definition) is 1. The fraction of sp³-hybridized carbons (Fsp3) is 0.400. The Hall–Kier alpha value is -2.62. The fourth-order valence-electron chi connectivity index (χ4n) is 2.60. The van der Waals surface area contributed by atoms with Gasteiger partial charge in [0.15, 0.2) is 0 Å². The first-order valence-electron chi connectivity index (χ1n) is 7.44. The van der Waals surface area contributed by atoms with E-state index in [4.69, 9.17) is 0 Å². The van der Waals surface area contributed by atoms with Crippen LogP contribution in [-0.4, -0.2) is 54.1 Å². The van der Waals surface area contributed by atoms with E-state index in [0.717, 1.165) is 0 Å². The van der Waals surface area contributed by atoms with Crippen LogP contribution in [0.15, 0.2) is 24.3 Å². The molecule has 0 aromatic heterocycles. The van der Waals surface area contributed by atoms with Crippen molar-refractivity contribution in [2.45, 2.75) is 26.3 Å². The molecule has 3 amide bonds. The molecule has 10 heteroatoms. The third-order valence-electron chi connectivity index (χ3n) is 3.81. The minimum atomic E-state index is -4.30. The normalized spacial score (nSPS) is 18.2. The lowest BCUT2D eigenvalue weighted by Crippen LogP contribution is -2.49. The van der Waals surface area contributed by atoms with E-state index in [2.05, 4.69) is 10.1 Å². The fourth-order valence-corrected chi connectivity index (χ4v) is 4.46. The van der Waals surface area contributed by atoms with Gasteiger partial charge in [0.1, 0.15) is 5.54 Å². The Bertz CT molecular complexity index is 833. The van der Waals surface area contributed by atoms with Crippen molar-refractivity contribution in [2.75, 3.05) is 19.0 Å². The second-order valence-corrected chi connectivity index (χ2v) is 7.47. The number of amides is 3. The third kappa shape index (κ3) is 2.93. The van der Waals surface area contributed by atoms with Gasteiger partial charge in [0.25, 0.3) is 5.91 Å². The quantitative estimate of drug-likeness (QED) is 0.801. The van der Waals surface area contributed by atoms with E-state index in [1.54, 1.807) is 12.1 Å². The second kappa shape index (κ2) is 6.36. The standard InChI is InChI=1S/C15H19N3O6S/c1-5-17-13(20)15(2,3)18(25(17,22)23)14(21)16-11-9-7-6-8-10(11)12(19)24-4/h6-9H,5H2,1-4H3,(H,16,21). The molecule has 1 fully saturated rings. The van der Waals surface area contributed by atoms with E-state index in [1.165, 1.54) is 40.0 Å². The van der Waals surface area contributed by atoms with Crippen LogP contribution >= 0.6 is 0 Å². The summed E-state index contributed by atoms with van der Waals surface area (Å²) in [6.45, 7) is 4.09. The van der Waals surface area contributed by atoms with Gasteiger partial charge in [-0.3, -0.25) is 4.79 Å². The van der Waals surface area contributed by atoms with E-state index >= 15 is 0 Å². The van der Waals surface area contributed by atoms with E-state index in [9.17, 15) is 22.8 Å². The highest BCUT2D eigenvalue weighted by Crippen LogP contribution is 2.33. The highest BCUT2D eigenvalue weighted by molar-refractivity contribution is 7.88. The maximum atomic E-state index is 12.6. The molecule has 0 radical (unpaired) electrons. The van der Waals surface area contributed by atoms with Crippen LogP contribution < -0.4 is 5.32 Å². The molecule has 9 nitrogen and oxygen atoms in total. The number of methoxy groups -OCH3 is 1. The number of anilines is 1. The van der Waals surface area contributed by atoms with E-state index < -0.39 is 33.7 Å². The summed E-state index contributed by atoms with van der Waals surface area (Å²) >= 11 is 0. The van der Waals surface area contributed by atoms with Crippen LogP contribution in [0, 0.1) is 0 Å². The summed E-state index contributed by atoms with van der Waals surface area (Å²) in [5.41, 5.74) is -1.45. The third-order valence-corrected chi connectivity index (χ3v) is 5.88. The smallest absolute Gasteiger partial charge is 0.339 e. The summed E-state index contributed by atoms with van der Waals surface area (Å²) in [5.74, 6) is -1.39. The summed E-state index contributed by atoms with van der Waals surface area (Å²) in [5, 5.41) is 2.37. The van der Waals surface area contributed by atoms with Crippen LogP contribution in [0.1, 0.15) is 31.1 Å². The molecule has 0 atom stereocenters. The average molecular weight is 369 g/mol. The van der Waals surface area contributed by atoms with E-state index in [-0.39, 0.29) is 17.8 Å². The predicted octanol–water partition coefficient (Wildman–Crippen LogP) is 1.19. The number of esters is 1. The lowest BCUT2D eigenvalue weighted by atomic mass is 10.1. The van der Waals surface area contributed by atoms with Crippen molar-refractivity contribution in [3.8, 4) is 0 Å². The van der Waals surface area contributed by atoms with Crippen molar-refractivity contribution >= 4 is 33.8 Å². The topological polar surface area (TPSA) is 113 Å². The zero-order chi connectivity index (χ0) is 19.0. The largest absolute Gasteiger partial charge is 0.465 e. The Labute approximate surface area is 145 Å². The lowest BCUT2D eigenvalue weighted by Gasteiger charge is -2.26. The monoisotopic (exact) mass is 369 g/mol. The van der Waals surface area contributed by atoms with Crippen LogP contribution in [-0.2, 0) is 19.7 Å². The number of ether oxygens (including phenoxy) is 1. The summed E-state index contributed by atoms with van der Waals surface area (Å²) in [4.78, 5) is 36.7. The van der Waals surface area contributed by atoms with Gasteiger partial charge in [0.2, 0.25) is 0 Å². The zero-order valence-electron chi connectivity index (χ0n) is 14.3. The number of likely N-dealkylation sites (N-methyl/N-ethyl adjacent to an activating group) is 1. The van der Waals surface area contributed by atoms with Crippen LogP contribution in [0.5, 0.6) is 0 Å². The highest BCUT2D eigenvalue weighted by Gasteiger charge is 2.58. The molecule has 0 bridgehead atoms. The first-order valence-corrected chi connectivity index (χ1v) is 8.84. The summed E-state index contributed by atoms with van der Waals surface area (Å²) in [6, 6.07) is 4.95. The number of benzene rings is 1. The van der Waals surface area contributed by atoms with Gasteiger partial charge in [-0.25, -0.2) is 13.9 Å². The SMILES string of the molecule is CCN1C(=O)C(C)(C)N(C(=O)Nc2ccccc2C(=O)OC)S1(=O)=O. The van der Waals surface area contributed by atoms with Crippen molar-refractivity contribution in [1.82, 2.24) is 8.61 Å². The molecule has 1 saturated heterocycles. The molecule has 1 aliphatic rings. The number of nitrogens with one attached hydrogen (secondary N) is 1. The molecule has 1 aromatic carbocycles. The minimum absolute atomic E-state index is 0.0615. The van der Waals surface area contributed by atoms with E-state index in [0.29, 0.717) is 8.61 Å². The van der Waals surface area contributed by atoms with Gasteiger partial charge in [-0.05, 0) is 32.9 Å². The van der Waals surface area contributed by atoms with Gasteiger partial charge >= 0.3 is 22.2 Å². The number of urea groups is 1. The Balaban J connectivity index is 2.42. The molecule has 25 heavy (non-hydrogen) atoms. The van der Waals surface area contributed by atoms with Gasteiger partial charge in [0, 0.05) is 6.54 Å². The molecule has 0 spiro atoms. The van der Waals surface area contributed by atoms with Crippen LogP contribution in [0.25, 0.3) is 0 Å². The average Bonchev–Trinajstić information content (AvgIpc) is 2.67. The van der Waals surface area contributed by atoms with Crippen molar-refractivity contribution in [2.24, 2.45) is 0 Å². The summed E-state index contributed by atoms with van der Waals surface area (Å²) < 4.78 is 30.8. The molecule has 2 rings (SSSR count). The zero-order valence-corrected chi connectivity index (χ0v) is 15.1. The number of carbonyl (C=O) groups excluding carboxylic acids is 3. The number of para-hydroxylation sites is 1. The van der Waals surface area contributed by atoms with Crippen molar-refractivity contribution < 1.29 is 27.5 Å². The number of carbonyl (C=O) groups is 3. The number of rotatable bonds is 3. The molecule has 0 saturated carbocycles. The first kappa shape index (κ1) is 18.7. The first-order chi connectivity index (χ1) is 11.6. The van der Waals surface area contributed by atoms with Crippen molar-refractivity contribution in [1.29, 1.82) is 0 Å². The van der Waals surface area contributed by atoms with Gasteiger partial charge in [-0.1, -0.05) is 12.1 Å². The molecule has 1 aliphatic heterocycles. The molecular formula is C15H19N3O6S. The molecule has 1 aromatic rings.